The van der Waals surface area contributed by atoms with Crippen LogP contribution in [0.3, 0.4) is 0 Å². The van der Waals surface area contributed by atoms with Gasteiger partial charge in [-0.2, -0.15) is 0 Å². The number of ether oxygens (including phenoxy) is 1. The average molecular weight is 475 g/mol. The van der Waals surface area contributed by atoms with Crippen molar-refractivity contribution in [2.24, 2.45) is 0 Å². The molecule has 0 saturated carbocycles. The molecule has 1 heterocycles. The van der Waals surface area contributed by atoms with Gasteiger partial charge in [0.25, 0.3) is 0 Å². The Balaban J connectivity index is 2.18. The third kappa shape index (κ3) is 4.67. The standard InChI is InChI=1S/C28H27ClN2O3/c1-16-23(19-14-30-27(33)31-15-19)21-8-6-7-9-22(21)25(18-10-12-20(29)13-11-18)24(16)26(17(2)32)34-28(3,4)5/h6-15,26H,1-5H3,(H,30,31,33). The van der Waals surface area contributed by atoms with Gasteiger partial charge in [0.2, 0.25) is 0 Å². The number of benzene rings is 3. The molecule has 0 aliphatic heterocycles. The van der Waals surface area contributed by atoms with E-state index >= 15 is 0 Å². The highest BCUT2D eigenvalue weighted by Crippen LogP contribution is 2.45. The van der Waals surface area contributed by atoms with E-state index in [0.29, 0.717) is 5.02 Å². The van der Waals surface area contributed by atoms with Crippen LogP contribution in [0.25, 0.3) is 33.0 Å². The van der Waals surface area contributed by atoms with Crippen LogP contribution >= 0.6 is 11.6 Å². The predicted octanol–water partition coefficient (Wildman–Crippen LogP) is 6.66. The number of nitrogens with zero attached hydrogens (tertiary/aromatic N) is 1. The first-order valence-corrected chi connectivity index (χ1v) is 11.5. The third-order valence-corrected chi connectivity index (χ3v) is 5.96. The number of nitrogens with one attached hydrogen (secondary N) is 1. The minimum atomic E-state index is -0.787. The number of aromatic amines is 1. The van der Waals surface area contributed by atoms with Crippen molar-refractivity contribution in [1.29, 1.82) is 0 Å². The van der Waals surface area contributed by atoms with Crippen LogP contribution in [0.1, 0.15) is 44.9 Å². The van der Waals surface area contributed by atoms with E-state index in [1.54, 1.807) is 19.3 Å². The van der Waals surface area contributed by atoms with Crippen LogP contribution in [-0.2, 0) is 9.53 Å². The first kappa shape index (κ1) is 23.9. The molecular weight excluding hydrogens is 448 g/mol. The topological polar surface area (TPSA) is 72.0 Å². The minimum Gasteiger partial charge on any atom is -0.360 e. The summed E-state index contributed by atoms with van der Waals surface area (Å²) >= 11 is 6.19. The molecule has 34 heavy (non-hydrogen) atoms. The van der Waals surface area contributed by atoms with Crippen molar-refractivity contribution in [3.63, 3.8) is 0 Å². The summed E-state index contributed by atoms with van der Waals surface area (Å²) < 4.78 is 6.36. The van der Waals surface area contributed by atoms with Crippen LogP contribution < -0.4 is 5.69 Å². The highest BCUT2D eigenvalue weighted by atomic mass is 35.5. The first-order valence-electron chi connectivity index (χ1n) is 11.1. The van der Waals surface area contributed by atoms with E-state index in [0.717, 1.165) is 44.2 Å². The lowest BCUT2D eigenvalue weighted by Crippen LogP contribution is -2.27. The first-order chi connectivity index (χ1) is 16.1. The van der Waals surface area contributed by atoms with Gasteiger partial charge in [0.15, 0.2) is 5.78 Å². The second kappa shape index (κ2) is 9.16. The van der Waals surface area contributed by atoms with Crippen molar-refractivity contribution in [3.8, 4) is 22.3 Å². The van der Waals surface area contributed by atoms with Crippen LogP contribution in [-0.4, -0.2) is 21.4 Å². The SMILES string of the molecule is CC(=O)C(OC(C)(C)C)c1c(C)c(-c2cnc(=O)[nH]c2)c2ccccc2c1-c1ccc(Cl)cc1. The fourth-order valence-corrected chi connectivity index (χ4v) is 4.52. The van der Waals surface area contributed by atoms with Gasteiger partial charge in [-0.05, 0) is 79.8 Å². The quantitative estimate of drug-likeness (QED) is 0.351. The number of ketones is 1. The summed E-state index contributed by atoms with van der Waals surface area (Å²) in [4.78, 5) is 31.3. The van der Waals surface area contributed by atoms with E-state index in [1.165, 1.54) is 0 Å². The number of hydrogen-bond donors (Lipinski definition) is 1. The van der Waals surface area contributed by atoms with Crippen LogP contribution in [0.4, 0.5) is 0 Å². The molecule has 4 aromatic rings. The number of fused-ring (bicyclic) bond motifs is 1. The van der Waals surface area contributed by atoms with Crippen molar-refractivity contribution >= 4 is 28.2 Å². The highest BCUT2D eigenvalue weighted by Gasteiger charge is 2.31. The zero-order chi connectivity index (χ0) is 24.6. The van der Waals surface area contributed by atoms with Gasteiger partial charge in [0.1, 0.15) is 6.10 Å². The van der Waals surface area contributed by atoms with E-state index in [2.05, 4.69) is 9.97 Å². The number of H-pyrrole nitrogens is 1. The van der Waals surface area contributed by atoms with Crippen LogP contribution in [0.5, 0.6) is 0 Å². The summed E-state index contributed by atoms with van der Waals surface area (Å²) in [5, 5.41) is 2.59. The zero-order valence-electron chi connectivity index (χ0n) is 19.9. The van der Waals surface area contributed by atoms with E-state index in [4.69, 9.17) is 16.3 Å². The molecule has 5 nitrogen and oxygen atoms in total. The van der Waals surface area contributed by atoms with Crippen LogP contribution in [0.2, 0.25) is 5.02 Å². The van der Waals surface area contributed by atoms with Crippen molar-refractivity contribution in [2.45, 2.75) is 46.3 Å². The van der Waals surface area contributed by atoms with Crippen molar-refractivity contribution in [1.82, 2.24) is 9.97 Å². The lowest BCUT2D eigenvalue weighted by atomic mass is 9.82. The van der Waals surface area contributed by atoms with Crippen molar-refractivity contribution in [3.05, 3.63) is 87.6 Å². The number of carbonyl (C=O) groups excluding carboxylic acids is 1. The minimum absolute atomic E-state index is 0.0888. The number of rotatable bonds is 5. The molecule has 0 aliphatic rings. The summed E-state index contributed by atoms with van der Waals surface area (Å²) in [5.41, 5.74) is 4.24. The molecule has 0 amide bonds. The predicted molar refractivity (Wildman–Crippen MR) is 137 cm³/mol. The van der Waals surface area contributed by atoms with E-state index in [1.807, 2.05) is 76.2 Å². The van der Waals surface area contributed by atoms with E-state index in [-0.39, 0.29) is 5.78 Å². The Morgan fingerprint density at radius 3 is 2.15 bits per heavy atom. The molecule has 6 heteroatoms. The molecule has 0 bridgehead atoms. The smallest absolute Gasteiger partial charge is 0.344 e. The third-order valence-electron chi connectivity index (χ3n) is 5.71. The monoisotopic (exact) mass is 474 g/mol. The fourth-order valence-electron chi connectivity index (χ4n) is 4.39. The van der Waals surface area contributed by atoms with Gasteiger partial charge in [-0.1, -0.05) is 48.0 Å². The Kier molecular flexibility index (Phi) is 6.43. The molecular formula is C28H27ClN2O3. The maximum absolute atomic E-state index is 13.0. The number of halogens is 1. The second-order valence-electron chi connectivity index (χ2n) is 9.37. The van der Waals surface area contributed by atoms with Crippen LogP contribution in [0.15, 0.2) is 65.7 Å². The van der Waals surface area contributed by atoms with Crippen molar-refractivity contribution in [2.75, 3.05) is 0 Å². The van der Waals surface area contributed by atoms with Gasteiger partial charge in [-0.25, -0.2) is 9.78 Å². The molecule has 3 aromatic carbocycles. The Labute approximate surface area is 203 Å². The van der Waals surface area contributed by atoms with Gasteiger partial charge in [0, 0.05) is 28.5 Å². The highest BCUT2D eigenvalue weighted by molar-refractivity contribution is 6.30. The number of hydrogen-bond acceptors (Lipinski definition) is 4. The number of Topliss-reactive ketones (excluding diaryl/α,β-unsaturated/α-hetero) is 1. The summed E-state index contributed by atoms with van der Waals surface area (Å²) in [7, 11) is 0. The molecule has 1 unspecified atom stereocenters. The Bertz CT molecular complexity index is 1410. The summed E-state index contributed by atoms with van der Waals surface area (Å²) in [6, 6.07) is 15.6. The van der Waals surface area contributed by atoms with Gasteiger partial charge < -0.3 is 9.72 Å². The van der Waals surface area contributed by atoms with Gasteiger partial charge in [0.05, 0.1) is 5.60 Å². The molecule has 0 spiro atoms. The Morgan fingerprint density at radius 1 is 1.00 bits per heavy atom. The van der Waals surface area contributed by atoms with Gasteiger partial charge >= 0.3 is 5.69 Å². The molecule has 0 saturated heterocycles. The number of carbonyl (C=O) groups is 1. The van der Waals surface area contributed by atoms with E-state index in [9.17, 15) is 9.59 Å². The van der Waals surface area contributed by atoms with Gasteiger partial charge in [-0.15, -0.1) is 0 Å². The largest absolute Gasteiger partial charge is 0.360 e. The summed E-state index contributed by atoms with van der Waals surface area (Å²) in [6.07, 6.45) is 2.43. The molecule has 174 valence electrons. The molecule has 4 rings (SSSR count). The maximum atomic E-state index is 13.0. The lowest BCUT2D eigenvalue weighted by Gasteiger charge is -2.31. The van der Waals surface area contributed by atoms with Gasteiger partial charge in [-0.3, -0.25) is 4.79 Å². The zero-order valence-corrected chi connectivity index (χ0v) is 20.7. The molecule has 0 fully saturated rings. The Hall–Kier alpha value is -3.28. The number of aromatic nitrogens is 2. The fraction of sp³-hybridized carbons (Fsp3) is 0.250. The normalized spacial score (nSPS) is 12.6. The second-order valence-corrected chi connectivity index (χ2v) is 9.81. The summed E-state index contributed by atoms with van der Waals surface area (Å²) in [5.74, 6) is -0.0888. The Morgan fingerprint density at radius 2 is 1.62 bits per heavy atom. The molecule has 1 N–H and O–H groups in total. The maximum Gasteiger partial charge on any atom is 0.344 e. The lowest BCUT2D eigenvalue weighted by molar-refractivity contribution is -0.138. The molecule has 1 aromatic heterocycles. The average Bonchev–Trinajstić information content (AvgIpc) is 2.78. The molecule has 0 aliphatic carbocycles. The van der Waals surface area contributed by atoms with E-state index < -0.39 is 17.4 Å². The molecule has 1 atom stereocenters. The molecule has 0 radical (unpaired) electrons. The van der Waals surface area contributed by atoms with Crippen molar-refractivity contribution < 1.29 is 9.53 Å². The summed E-state index contributed by atoms with van der Waals surface area (Å²) in [6.45, 7) is 9.36. The van der Waals surface area contributed by atoms with Crippen LogP contribution in [0, 0.1) is 6.92 Å².